The van der Waals surface area contributed by atoms with Gasteiger partial charge >= 0.3 is 5.97 Å². The third-order valence-corrected chi connectivity index (χ3v) is 2.33. The highest BCUT2D eigenvalue weighted by Crippen LogP contribution is 2.11. The summed E-state index contributed by atoms with van der Waals surface area (Å²) in [5, 5.41) is 12.9. The fourth-order valence-corrected chi connectivity index (χ4v) is 1.34. The van der Waals surface area contributed by atoms with Crippen molar-refractivity contribution >= 4 is 17.6 Å². The highest BCUT2D eigenvalue weighted by atomic mass is 16.6. The number of rotatable bonds is 5. The lowest BCUT2D eigenvalue weighted by atomic mass is 10.2. The summed E-state index contributed by atoms with van der Waals surface area (Å²) in [5.74, 6) is -1.02. The number of nitrogens with zero attached hydrogens (tertiary/aromatic N) is 1. The van der Waals surface area contributed by atoms with Crippen LogP contribution in [0.5, 0.6) is 0 Å². The van der Waals surface area contributed by atoms with Crippen LogP contribution in [0.4, 0.5) is 5.69 Å². The van der Waals surface area contributed by atoms with E-state index in [1.165, 1.54) is 31.2 Å². The Morgan fingerprint density at radius 2 is 1.95 bits per heavy atom. The van der Waals surface area contributed by atoms with Crippen molar-refractivity contribution in [1.29, 1.82) is 0 Å². The van der Waals surface area contributed by atoms with Gasteiger partial charge < -0.3 is 10.1 Å². The second kappa shape index (κ2) is 6.48. The average Bonchev–Trinajstić information content (AvgIpc) is 2.38. The number of nitro benzene ring substituents is 1. The van der Waals surface area contributed by atoms with E-state index in [4.69, 9.17) is 4.74 Å². The van der Waals surface area contributed by atoms with Gasteiger partial charge in [-0.05, 0) is 26.0 Å². The molecule has 1 N–H and O–H groups in total. The SMILES string of the molecule is CCOC(=O)C(C)NC(=O)c1ccc([N+](=O)[O-])cc1. The molecule has 0 spiro atoms. The van der Waals surface area contributed by atoms with Gasteiger partial charge in [0.1, 0.15) is 6.04 Å². The lowest BCUT2D eigenvalue weighted by Gasteiger charge is -2.12. The zero-order chi connectivity index (χ0) is 14.4. The van der Waals surface area contributed by atoms with E-state index in [0.717, 1.165) is 0 Å². The molecule has 0 saturated carbocycles. The summed E-state index contributed by atoms with van der Waals surface area (Å²) in [7, 11) is 0. The van der Waals surface area contributed by atoms with Crippen LogP contribution >= 0.6 is 0 Å². The van der Waals surface area contributed by atoms with Gasteiger partial charge in [-0.2, -0.15) is 0 Å². The molecule has 19 heavy (non-hydrogen) atoms. The van der Waals surface area contributed by atoms with E-state index in [-0.39, 0.29) is 17.9 Å². The largest absolute Gasteiger partial charge is 0.464 e. The van der Waals surface area contributed by atoms with Crippen molar-refractivity contribution in [2.45, 2.75) is 19.9 Å². The molecule has 0 aliphatic heterocycles. The maximum absolute atomic E-state index is 11.8. The summed E-state index contributed by atoms with van der Waals surface area (Å²) in [6.45, 7) is 3.40. The van der Waals surface area contributed by atoms with Crippen molar-refractivity contribution in [3.8, 4) is 0 Å². The van der Waals surface area contributed by atoms with Crippen molar-refractivity contribution in [3.05, 3.63) is 39.9 Å². The molecular formula is C12H14N2O5. The molecular weight excluding hydrogens is 252 g/mol. The Labute approximate surface area is 109 Å². The minimum Gasteiger partial charge on any atom is -0.464 e. The van der Waals surface area contributed by atoms with E-state index in [2.05, 4.69) is 5.32 Å². The summed E-state index contributed by atoms with van der Waals surface area (Å²) < 4.78 is 4.75. The monoisotopic (exact) mass is 266 g/mol. The summed E-state index contributed by atoms with van der Waals surface area (Å²) >= 11 is 0. The number of amides is 1. The van der Waals surface area contributed by atoms with E-state index >= 15 is 0 Å². The lowest BCUT2D eigenvalue weighted by molar-refractivity contribution is -0.384. The van der Waals surface area contributed by atoms with Gasteiger partial charge in [0.25, 0.3) is 11.6 Å². The van der Waals surface area contributed by atoms with Gasteiger partial charge in [-0.25, -0.2) is 4.79 Å². The number of esters is 1. The predicted octanol–water partition coefficient (Wildman–Crippen LogP) is 1.28. The Morgan fingerprint density at radius 1 is 1.37 bits per heavy atom. The molecule has 1 aromatic carbocycles. The molecule has 7 heteroatoms. The number of nitro groups is 1. The van der Waals surface area contributed by atoms with Gasteiger partial charge in [0.15, 0.2) is 0 Å². The molecule has 0 radical (unpaired) electrons. The van der Waals surface area contributed by atoms with Gasteiger partial charge in [0.2, 0.25) is 0 Å². The highest BCUT2D eigenvalue weighted by molar-refractivity contribution is 5.96. The molecule has 0 aliphatic rings. The van der Waals surface area contributed by atoms with Crippen LogP contribution in [-0.2, 0) is 9.53 Å². The van der Waals surface area contributed by atoms with Crippen molar-refractivity contribution in [3.63, 3.8) is 0 Å². The molecule has 1 amide bonds. The maximum atomic E-state index is 11.8. The summed E-state index contributed by atoms with van der Waals surface area (Å²) in [6, 6.07) is 4.33. The van der Waals surface area contributed by atoms with Gasteiger partial charge in [-0.15, -0.1) is 0 Å². The number of hydrogen-bond donors (Lipinski definition) is 1. The van der Waals surface area contributed by atoms with E-state index < -0.39 is 22.8 Å². The maximum Gasteiger partial charge on any atom is 0.328 e. The van der Waals surface area contributed by atoms with Crippen LogP contribution in [-0.4, -0.2) is 29.4 Å². The fraction of sp³-hybridized carbons (Fsp3) is 0.333. The number of ether oxygens (including phenoxy) is 1. The van der Waals surface area contributed by atoms with Crippen molar-refractivity contribution in [1.82, 2.24) is 5.32 Å². The van der Waals surface area contributed by atoms with Gasteiger partial charge in [-0.1, -0.05) is 0 Å². The van der Waals surface area contributed by atoms with Crippen LogP contribution in [0.15, 0.2) is 24.3 Å². The highest BCUT2D eigenvalue weighted by Gasteiger charge is 2.17. The number of carbonyl (C=O) groups excluding carboxylic acids is 2. The van der Waals surface area contributed by atoms with Crippen molar-refractivity contribution in [2.75, 3.05) is 6.61 Å². The predicted molar refractivity (Wildman–Crippen MR) is 66.7 cm³/mol. The molecule has 102 valence electrons. The van der Waals surface area contributed by atoms with E-state index in [0.29, 0.717) is 0 Å². The van der Waals surface area contributed by atoms with E-state index in [1.807, 2.05) is 0 Å². The topological polar surface area (TPSA) is 98.5 Å². The Morgan fingerprint density at radius 3 is 2.42 bits per heavy atom. The summed E-state index contributed by atoms with van der Waals surface area (Å²) in [6.07, 6.45) is 0. The smallest absolute Gasteiger partial charge is 0.328 e. The van der Waals surface area contributed by atoms with Crippen LogP contribution in [0.25, 0.3) is 0 Å². The Hall–Kier alpha value is -2.44. The zero-order valence-electron chi connectivity index (χ0n) is 10.6. The molecule has 0 aromatic heterocycles. The first-order valence-electron chi connectivity index (χ1n) is 5.67. The van der Waals surface area contributed by atoms with E-state index in [9.17, 15) is 19.7 Å². The first-order chi connectivity index (χ1) is 8.95. The third kappa shape index (κ3) is 4.06. The van der Waals surface area contributed by atoms with Gasteiger partial charge in [0, 0.05) is 17.7 Å². The number of benzene rings is 1. The standard InChI is InChI=1S/C12H14N2O5/c1-3-19-12(16)8(2)13-11(15)9-4-6-10(7-5-9)14(17)18/h4-8H,3H2,1-2H3,(H,13,15). The quantitative estimate of drug-likeness (QED) is 0.491. The number of non-ortho nitro benzene ring substituents is 1. The number of nitrogens with one attached hydrogen (secondary N) is 1. The molecule has 1 rings (SSSR count). The number of carbonyl (C=O) groups is 2. The first kappa shape index (κ1) is 14.6. The van der Waals surface area contributed by atoms with E-state index in [1.54, 1.807) is 6.92 Å². The molecule has 0 aliphatic carbocycles. The van der Waals surface area contributed by atoms with Crippen molar-refractivity contribution < 1.29 is 19.2 Å². The fourth-order valence-electron chi connectivity index (χ4n) is 1.34. The first-order valence-corrected chi connectivity index (χ1v) is 5.67. The van der Waals surface area contributed by atoms with Crippen LogP contribution in [0, 0.1) is 10.1 Å². The second-order valence-corrected chi connectivity index (χ2v) is 3.75. The average molecular weight is 266 g/mol. The van der Waals surface area contributed by atoms with Gasteiger partial charge in [-0.3, -0.25) is 14.9 Å². The minimum absolute atomic E-state index is 0.102. The van der Waals surface area contributed by atoms with Crippen molar-refractivity contribution in [2.24, 2.45) is 0 Å². The Bertz CT molecular complexity index is 483. The van der Waals surface area contributed by atoms with Crippen LogP contribution in [0.1, 0.15) is 24.2 Å². The molecule has 0 bridgehead atoms. The van der Waals surface area contributed by atoms with Crippen LogP contribution in [0.2, 0.25) is 0 Å². The third-order valence-electron chi connectivity index (χ3n) is 2.33. The molecule has 1 aromatic rings. The Kier molecular flexibility index (Phi) is 4.99. The zero-order valence-corrected chi connectivity index (χ0v) is 10.6. The molecule has 0 saturated heterocycles. The second-order valence-electron chi connectivity index (χ2n) is 3.75. The summed E-state index contributed by atoms with van der Waals surface area (Å²) in [5.41, 5.74) is 0.136. The van der Waals surface area contributed by atoms with Gasteiger partial charge in [0.05, 0.1) is 11.5 Å². The molecule has 1 unspecified atom stereocenters. The summed E-state index contributed by atoms with van der Waals surface area (Å²) in [4.78, 5) is 33.0. The molecule has 1 atom stereocenters. The van der Waals surface area contributed by atoms with Crippen LogP contribution in [0.3, 0.4) is 0 Å². The minimum atomic E-state index is -0.775. The lowest BCUT2D eigenvalue weighted by Crippen LogP contribution is -2.39. The Balaban J connectivity index is 2.68. The molecule has 0 heterocycles. The number of hydrogen-bond acceptors (Lipinski definition) is 5. The molecule has 7 nitrogen and oxygen atoms in total. The molecule has 0 fully saturated rings. The van der Waals surface area contributed by atoms with Crippen LogP contribution < -0.4 is 5.32 Å². The normalized spacial score (nSPS) is 11.5.